The largest absolute Gasteiger partial charge is 0.448 e. The highest BCUT2D eigenvalue weighted by atomic mass is 79.9. The molecule has 1 fully saturated rings. The number of aromatic amines is 1. The van der Waals surface area contributed by atoms with Crippen molar-refractivity contribution in [1.82, 2.24) is 20.4 Å². The SMILES string of the molecule is Cc1[nH]nc(C(=O)NCCCN2CCOC2=O)c1Br. The molecule has 7 nitrogen and oxygen atoms in total. The lowest BCUT2D eigenvalue weighted by molar-refractivity contribution is 0.0946. The highest BCUT2D eigenvalue weighted by molar-refractivity contribution is 9.10. The van der Waals surface area contributed by atoms with Gasteiger partial charge in [0.25, 0.3) is 5.91 Å². The second-order valence-electron chi connectivity index (χ2n) is 4.22. The van der Waals surface area contributed by atoms with E-state index in [4.69, 9.17) is 4.74 Å². The molecule has 0 unspecified atom stereocenters. The lowest BCUT2D eigenvalue weighted by Gasteiger charge is -2.12. The third-order valence-electron chi connectivity index (χ3n) is 2.82. The highest BCUT2D eigenvalue weighted by Crippen LogP contribution is 2.17. The Morgan fingerprint density at radius 1 is 1.63 bits per heavy atom. The molecule has 0 aromatic carbocycles. The predicted octanol–water partition coefficient (Wildman–Crippen LogP) is 1.05. The summed E-state index contributed by atoms with van der Waals surface area (Å²) in [4.78, 5) is 24.6. The zero-order valence-electron chi connectivity index (χ0n) is 10.5. The molecule has 2 N–H and O–H groups in total. The molecule has 8 heteroatoms. The Balaban J connectivity index is 1.72. The molecular weight excluding hydrogens is 316 g/mol. The van der Waals surface area contributed by atoms with E-state index in [-0.39, 0.29) is 12.0 Å². The van der Waals surface area contributed by atoms with Gasteiger partial charge in [-0.1, -0.05) is 0 Å². The quantitative estimate of drug-likeness (QED) is 0.790. The third-order valence-corrected chi connectivity index (χ3v) is 3.79. The Labute approximate surface area is 118 Å². The van der Waals surface area contributed by atoms with Crippen molar-refractivity contribution in [2.75, 3.05) is 26.2 Å². The number of carbonyl (C=O) groups excluding carboxylic acids is 2. The minimum absolute atomic E-state index is 0.236. The first kappa shape index (κ1) is 13.9. The molecule has 0 aliphatic carbocycles. The maximum atomic E-state index is 11.8. The number of rotatable bonds is 5. The lowest BCUT2D eigenvalue weighted by atomic mass is 10.3. The number of hydrogen-bond acceptors (Lipinski definition) is 4. The Bertz CT molecular complexity index is 488. The molecule has 1 aliphatic heterocycles. The summed E-state index contributed by atoms with van der Waals surface area (Å²) in [6.07, 6.45) is 0.402. The van der Waals surface area contributed by atoms with E-state index in [0.717, 1.165) is 5.69 Å². The minimum atomic E-state index is -0.281. The zero-order chi connectivity index (χ0) is 13.8. The Morgan fingerprint density at radius 3 is 3.00 bits per heavy atom. The summed E-state index contributed by atoms with van der Waals surface area (Å²) in [6, 6.07) is 0. The van der Waals surface area contributed by atoms with Crippen molar-refractivity contribution < 1.29 is 14.3 Å². The van der Waals surface area contributed by atoms with Gasteiger partial charge in [0.1, 0.15) is 6.61 Å². The van der Waals surface area contributed by atoms with Gasteiger partial charge in [-0.05, 0) is 29.3 Å². The number of amides is 2. The maximum Gasteiger partial charge on any atom is 0.409 e. The van der Waals surface area contributed by atoms with E-state index in [1.807, 2.05) is 6.92 Å². The molecule has 2 heterocycles. The van der Waals surface area contributed by atoms with Gasteiger partial charge in [-0.3, -0.25) is 9.89 Å². The van der Waals surface area contributed by atoms with Crippen LogP contribution in [-0.4, -0.2) is 53.3 Å². The van der Waals surface area contributed by atoms with Gasteiger partial charge in [0.15, 0.2) is 5.69 Å². The molecule has 1 aromatic rings. The summed E-state index contributed by atoms with van der Waals surface area (Å²) in [7, 11) is 0. The molecule has 0 radical (unpaired) electrons. The van der Waals surface area contributed by atoms with Crippen LogP contribution in [0.3, 0.4) is 0 Å². The van der Waals surface area contributed by atoms with Crippen LogP contribution in [0.1, 0.15) is 22.6 Å². The van der Waals surface area contributed by atoms with Gasteiger partial charge in [-0.2, -0.15) is 5.10 Å². The molecule has 1 saturated heterocycles. The number of ether oxygens (including phenoxy) is 1. The average molecular weight is 331 g/mol. The molecule has 0 spiro atoms. The minimum Gasteiger partial charge on any atom is -0.448 e. The zero-order valence-corrected chi connectivity index (χ0v) is 12.1. The summed E-state index contributed by atoms with van der Waals surface area (Å²) < 4.78 is 5.48. The van der Waals surface area contributed by atoms with Crippen molar-refractivity contribution in [3.05, 3.63) is 15.9 Å². The molecule has 1 aliphatic rings. The number of halogens is 1. The first-order valence-electron chi connectivity index (χ1n) is 6.00. The standard InChI is InChI=1S/C11H15BrN4O3/c1-7-8(12)9(15-14-7)10(17)13-3-2-4-16-5-6-19-11(16)18/h2-6H2,1H3,(H,13,17)(H,14,15). The van der Waals surface area contributed by atoms with Gasteiger partial charge in [-0.15, -0.1) is 0 Å². The van der Waals surface area contributed by atoms with Crippen LogP contribution in [-0.2, 0) is 4.74 Å². The van der Waals surface area contributed by atoms with Crippen molar-refractivity contribution in [2.24, 2.45) is 0 Å². The van der Waals surface area contributed by atoms with Crippen LogP contribution in [0.4, 0.5) is 4.79 Å². The fourth-order valence-corrected chi connectivity index (χ4v) is 2.11. The van der Waals surface area contributed by atoms with Crippen LogP contribution >= 0.6 is 15.9 Å². The number of aryl methyl sites for hydroxylation is 1. The second-order valence-corrected chi connectivity index (χ2v) is 5.02. The van der Waals surface area contributed by atoms with Gasteiger partial charge in [0.2, 0.25) is 0 Å². The van der Waals surface area contributed by atoms with E-state index in [9.17, 15) is 9.59 Å². The van der Waals surface area contributed by atoms with E-state index in [1.54, 1.807) is 4.90 Å². The monoisotopic (exact) mass is 330 g/mol. The summed E-state index contributed by atoms with van der Waals surface area (Å²) in [5.41, 5.74) is 1.16. The highest BCUT2D eigenvalue weighted by Gasteiger charge is 2.21. The maximum absolute atomic E-state index is 11.8. The fraction of sp³-hybridized carbons (Fsp3) is 0.545. The van der Waals surface area contributed by atoms with Gasteiger partial charge >= 0.3 is 6.09 Å². The molecule has 104 valence electrons. The number of H-pyrrole nitrogens is 1. The van der Waals surface area contributed by atoms with Crippen molar-refractivity contribution in [3.63, 3.8) is 0 Å². The molecule has 0 saturated carbocycles. The number of cyclic esters (lactones) is 1. The molecular formula is C11H15BrN4O3. The van der Waals surface area contributed by atoms with Crippen molar-refractivity contribution in [3.8, 4) is 0 Å². The molecule has 0 atom stereocenters. The van der Waals surface area contributed by atoms with Crippen LogP contribution in [0.15, 0.2) is 4.47 Å². The lowest BCUT2D eigenvalue weighted by Crippen LogP contribution is -2.30. The molecule has 2 amide bonds. The van der Waals surface area contributed by atoms with Gasteiger partial charge < -0.3 is 15.0 Å². The van der Waals surface area contributed by atoms with E-state index in [2.05, 4.69) is 31.4 Å². The number of carbonyl (C=O) groups is 2. The summed E-state index contributed by atoms with van der Waals surface area (Å²) in [5.74, 6) is -0.236. The normalized spacial score (nSPS) is 14.6. The summed E-state index contributed by atoms with van der Waals surface area (Å²) in [5, 5.41) is 9.41. The Kier molecular flexibility index (Phi) is 4.41. The first-order valence-corrected chi connectivity index (χ1v) is 6.79. The van der Waals surface area contributed by atoms with Crippen molar-refractivity contribution in [2.45, 2.75) is 13.3 Å². The van der Waals surface area contributed by atoms with Crippen LogP contribution in [0, 0.1) is 6.92 Å². The van der Waals surface area contributed by atoms with Crippen LogP contribution in [0.2, 0.25) is 0 Å². The summed E-state index contributed by atoms with van der Waals surface area (Å²) >= 11 is 3.30. The molecule has 0 bridgehead atoms. The predicted molar refractivity (Wildman–Crippen MR) is 70.9 cm³/mol. The number of nitrogens with one attached hydrogen (secondary N) is 2. The van der Waals surface area contributed by atoms with E-state index >= 15 is 0 Å². The smallest absolute Gasteiger partial charge is 0.409 e. The summed E-state index contributed by atoms with van der Waals surface area (Å²) in [6.45, 7) is 3.97. The number of hydrogen-bond donors (Lipinski definition) is 2. The number of nitrogens with zero attached hydrogens (tertiary/aromatic N) is 2. The number of aromatic nitrogens is 2. The second kappa shape index (κ2) is 6.05. The van der Waals surface area contributed by atoms with E-state index in [1.165, 1.54) is 0 Å². The third kappa shape index (κ3) is 3.25. The van der Waals surface area contributed by atoms with Crippen LogP contribution in [0.25, 0.3) is 0 Å². The average Bonchev–Trinajstić information content (AvgIpc) is 2.93. The van der Waals surface area contributed by atoms with E-state index < -0.39 is 0 Å². The van der Waals surface area contributed by atoms with Crippen molar-refractivity contribution >= 4 is 27.9 Å². The van der Waals surface area contributed by atoms with Gasteiger partial charge in [-0.25, -0.2) is 4.79 Å². The van der Waals surface area contributed by atoms with Gasteiger partial charge in [0.05, 0.1) is 11.0 Å². The van der Waals surface area contributed by atoms with Crippen LogP contribution in [0.5, 0.6) is 0 Å². The Hall–Kier alpha value is -1.57. The van der Waals surface area contributed by atoms with Crippen LogP contribution < -0.4 is 5.32 Å². The topological polar surface area (TPSA) is 87.3 Å². The van der Waals surface area contributed by atoms with Crippen molar-refractivity contribution in [1.29, 1.82) is 0 Å². The van der Waals surface area contributed by atoms with Gasteiger partial charge in [0, 0.05) is 18.8 Å². The fourth-order valence-electron chi connectivity index (χ4n) is 1.75. The van der Waals surface area contributed by atoms with E-state index in [0.29, 0.717) is 42.8 Å². The Morgan fingerprint density at radius 2 is 2.42 bits per heavy atom. The molecule has 2 rings (SSSR count). The molecule has 1 aromatic heterocycles. The molecule has 19 heavy (non-hydrogen) atoms. The first-order chi connectivity index (χ1) is 9.09.